The second kappa shape index (κ2) is 11.4. The monoisotopic (exact) mass is 344 g/mol. The maximum absolute atomic E-state index is 5.69. The fourth-order valence-electron chi connectivity index (χ4n) is 1.18. The molecular formula is C10H25IN4O. The summed E-state index contributed by atoms with van der Waals surface area (Å²) in [5.74, 6) is 0.498. The second-order valence-electron chi connectivity index (χ2n) is 3.92. The Bertz CT molecular complexity index is 188. The normalized spacial score (nSPS) is 13.4. The van der Waals surface area contributed by atoms with Crippen LogP contribution in [0.2, 0.25) is 0 Å². The molecule has 1 atom stereocenters. The van der Waals surface area contributed by atoms with Gasteiger partial charge in [0.2, 0.25) is 0 Å². The number of nitrogens with two attached hydrogens (primary N) is 1. The van der Waals surface area contributed by atoms with Crippen LogP contribution in [0.5, 0.6) is 0 Å². The van der Waals surface area contributed by atoms with Crippen LogP contribution in [0.15, 0.2) is 4.99 Å². The van der Waals surface area contributed by atoms with Crippen molar-refractivity contribution in [3.63, 3.8) is 0 Å². The predicted molar refractivity (Wildman–Crippen MR) is 79.5 cm³/mol. The Kier molecular flexibility index (Phi) is 13.0. The van der Waals surface area contributed by atoms with Crippen molar-refractivity contribution in [3.05, 3.63) is 0 Å². The zero-order valence-corrected chi connectivity index (χ0v) is 13.0. The molecule has 0 bridgehead atoms. The molecule has 0 aliphatic heterocycles. The van der Waals surface area contributed by atoms with Crippen molar-refractivity contribution in [1.29, 1.82) is 0 Å². The predicted octanol–water partition coefficient (Wildman–Crippen LogP) is 0.495. The summed E-state index contributed by atoms with van der Waals surface area (Å²) in [6, 6.07) is 0.201. The van der Waals surface area contributed by atoms with E-state index in [9.17, 15) is 0 Å². The zero-order chi connectivity index (χ0) is 11.7. The van der Waals surface area contributed by atoms with Crippen molar-refractivity contribution in [2.75, 3.05) is 40.9 Å². The van der Waals surface area contributed by atoms with Gasteiger partial charge in [0.05, 0.1) is 6.61 Å². The molecule has 1 unspecified atom stereocenters. The lowest BCUT2D eigenvalue weighted by Gasteiger charge is -2.13. The van der Waals surface area contributed by atoms with Gasteiger partial charge in [-0.1, -0.05) is 0 Å². The number of nitrogens with one attached hydrogen (secondary N) is 1. The number of methoxy groups -OCH3 is 1. The highest BCUT2D eigenvalue weighted by Crippen LogP contribution is 1.85. The van der Waals surface area contributed by atoms with Gasteiger partial charge in [-0.3, -0.25) is 4.99 Å². The van der Waals surface area contributed by atoms with Crippen LogP contribution in [0.1, 0.15) is 13.3 Å². The summed E-state index contributed by atoms with van der Waals surface area (Å²) in [5, 5.41) is 3.06. The van der Waals surface area contributed by atoms with Crippen LogP contribution >= 0.6 is 24.0 Å². The number of aliphatic imine (C=N–C) groups is 1. The Morgan fingerprint density at radius 1 is 1.50 bits per heavy atom. The first kappa shape index (κ1) is 18.3. The summed E-state index contributed by atoms with van der Waals surface area (Å²) in [4.78, 5) is 6.35. The van der Waals surface area contributed by atoms with Crippen molar-refractivity contribution in [2.24, 2.45) is 10.7 Å². The average Bonchev–Trinajstić information content (AvgIpc) is 2.12. The summed E-state index contributed by atoms with van der Waals surface area (Å²) < 4.78 is 4.98. The highest BCUT2D eigenvalue weighted by atomic mass is 127. The van der Waals surface area contributed by atoms with Gasteiger partial charge in [-0.25, -0.2) is 0 Å². The zero-order valence-electron chi connectivity index (χ0n) is 10.7. The molecule has 98 valence electrons. The van der Waals surface area contributed by atoms with Crippen molar-refractivity contribution in [1.82, 2.24) is 10.2 Å². The smallest absolute Gasteiger partial charge is 0.188 e. The van der Waals surface area contributed by atoms with Gasteiger partial charge < -0.3 is 20.7 Å². The van der Waals surface area contributed by atoms with E-state index in [1.807, 2.05) is 21.0 Å². The molecule has 3 N–H and O–H groups in total. The number of halogens is 1. The maximum atomic E-state index is 5.69. The number of guanidine groups is 1. The molecule has 5 nitrogen and oxygen atoms in total. The van der Waals surface area contributed by atoms with E-state index in [1.54, 1.807) is 7.11 Å². The standard InChI is InChI=1S/C10H24N4O.HI/c1-9(8-15-4)13-10(11)12-6-5-7-14(2)3;/h9H,5-8H2,1-4H3,(H3,11,12,13);1H. The molecule has 0 saturated carbocycles. The van der Waals surface area contributed by atoms with Crippen LogP contribution < -0.4 is 11.1 Å². The SMILES string of the molecule is COCC(C)NC(N)=NCCCN(C)C.I. The lowest BCUT2D eigenvalue weighted by atomic mass is 10.4. The second-order valence-corrected chi connectivity index (χ2v) is 3.92. The van der Waals surface area contributed by atoms with E-state index in [-0.39, 0.29) is 30.0 Å². The van der Waals surface area contributed by atoms with E-state index < -0.39 is 0 Å². The number of rotatable bonds is 7. The molecule has 0 aromatic rings. The Hall–Kier alpha value is -0.0800. The topological polar surface area (TPSA) is 62.9 Å². The summed E-state index contributed by atoms with van der Waals surface area (Å²) in [6.45, 7) is 4.43. The average molecular weight is 344 g/mol. The molecular weight excluding hydrogens is 319 g/mol. The van der Waals surface area contributed by atoms with Crippen molar-refractivity contribution < 1.29 is 4.74 Å². The molecule has 0 amide bonds. The van der Waals surface area contributed by atoms with E-state index in [0.29, 0.717) is 12.6 Å². The molecule has 0 saturated heterocycles. The summed E-state index contributed by atoms with van der Waals surface area (Å²) in [6.07, 6.45) is 1.02. The Balaban J connectivity index is 0. The highest BCUT2D eigenvalue weighted by molar-refractivity contribution is 14.0. The third-order valence-electron chi connectivity index (χ3n) is 1.86. The van der Waals surface area contributed by atoms with Gasteiger partial charge in [0, 0.05) is 19.7 Å². The third-order valence-corrected chi connectivity index (χ3v) is 1.86. The Labute approximate surface area is 116 Å². The van der Waals surface area contributed by atoms with Crippen molar-refractivity contribution >= 4 is 29.9 Å². The Morgan fingerprint density at radius 3 is 2.62 bits per heavy atom. The van der Waals surface area contributed by atoms with Gasteiger partial charge in [-0.05, 0) is 34.0 Å². The number of hydrogen-bond acceptors (Lipinski definition) is 3. The van der Waals surface area contributed by atoms with Crippen LogP contribution in [0.3, 0.4) is 0 Å². The quantitative estimate of drug-likeness (QED) is 0.306. The van der Waals surface area contributed by atoms with Gasteiger partial charge in [0.1, 0.15) is 0 Å². The molecule has 16 heavy (non-hydrogen) atoms. The first-order valence-corrected chi connectivity index (χ1v) is 5.26. The van der Waals surface area contributed by atoms with Crippen LogP contribution in [0.4, 0.5) is 0 Å². The van der Waals surface area contributed by atoms with E-state index in [4.69, 9.17) is 10.5 Å². The minimum Gasteiger partial charge on any atom is -0.383 e. The van der Waals surface area contributed by atoms with Gasteiger partial charge in [0.15, 0.2) is 5.96 Å². The minimum atomic E-state index is 0. The van der Waals surface area contributed by atoms with Crippen LogP contribution in [0, 0.1) is 0 Å². The number of hydrogen-bond donors (Lipinski definition) is 2. The van der Waals surface area contributed by atoms with Crippen molar-refractivity contribution in [2.45, 2.75) is 19.4 Å². The van der Waals surface area contributed by atoms with E-state index >= 15 is 0 Å². The molecule has 0 aromatic carbocycles. The van der Waals surface area contributed by atoms with Gasteiger partial charge >= 0.3 is 0 Å². The maximum Gasteiger partial charge on any atom is 0.188 e. The molecule has 0 aliphatic rings. The lowest BCUT2D eigenvalue weighted by molar-refractivity contribution is 0.179. The third kappa shape index (κ3) is 12.0. The fraction of sp³-hybridized carbons (Fsp3) is 0.900. The van der Waals surface area contributed by atoms with Crippen LogP contribution in [-0.4, -0.2) is 57.8 Å². The first-order valence-electron chi connectivity index (χ1n) is 5.26. The molecule has 0 rings (SSSR count). The van der Waals surface area contributed by atoms with Crippen LogP contribution in [0.25, 0.3) is 0 Å². The fourth-order valence-corrected chi connectivity index (χ4v) is 1.18. The minimum absolute atomic E-state index is 0. The molecule has 0 fully saturated rings. The first-order chi connectivity index (χ1) is 7.06. The number of ether oxygens (including phenoxy) is 1. The molecule has 0 heterocycles. The molecule has 6 heteroatoms. The highest BCUT2D eigenvalue weighted by Gasteiger charge is 2.00. The largest absolute Gasteiger partial charge is 0.383 e. The van der Waals surface area contributed by atoms with E-state index in [1.165, 1.54) is 0 Å². The summed E-state index contributed by atoms with van der Waals surface area (Å²) in [7, 11) is 5.76. The molecule has 0 radical (unpaired) electrons. The Morgan fingerprint density at radius 2 is 2.12 bits per heavy atom. The molecule has 0 spiro atoms. The van der Waals surface area contributed by atoms with Crippen LogP contribution in [-0.2, 0) is 4.74 Å². The van der Waals surface area contributed by atoms with E-state index in [2.05, 4.69) is 15.2 Å². The van der Waals surface area contributed by atoms with Gasteiger partial charge in [0.25, 0.3) is 0 Å². The van der Waals surface area contributed by atoms with Gasteiger partial charge in [-0.2, -0.15) is 0 Å². The van der Waals surface area contributed by atoms with Gasteiger partial charge in [-0.15, -0.1) is 24.0 Å². The lowest BCUT2D eigenvalue weighted by Crippen LogP contribution is -2.40. The number of nitrogens with zero attached hydrogens (tertiary/aromatic N) is 2. The summed E-state index contributed by atoms with van der Waals surface area (Å²) >= 11 is 0. The summed E-state index contributed by atoms with van der Waals surface area (Å²) in [5.41, 5.74) is 5.69. The van der Waals surface area contributed by atoms with Crippen molar-refractivity contribution in [3.8, 4) is 0 Å². The molecule has 0 aliphatic carbocycles. The molecule has 0 aromatic heterocycles. The van der Waals surface area contributed by atoms with E-state index in [0.717, 1.165) is 19.5 Å².